The monoisotopic (exact) mass is 373 g/mol. The van der Waals surface area contributed by atoms with Crippen LogP contribution in [0.1, 0.15) is 42.6 Å². The second kappa shape index (κ2) is 8.94. The number of rotatable bonds is 7. The van der Waals surface area contributed by atoms with E-state index in [1.54, 1.807) is 24.3 Å². The van der Waals surface area contributed by atoms with Crippen LogP contribution in [0.2, 0.25) is 0 Å². The van der Waals surface area contributed by atoms with Gasteiger partial charge in [0.05, 0.1) is 20.1 Å². The topological polar surface area (TPSA) is 59.0 Å². The van der Waals surface area contributed by atoms with Gasteiger partial charge < -0.3 is 19.5 Å². The second-order valence-corrected chi connectivity index (χ2v) is 7.71. The average Bonchev–Trinajstić information content (AvgIpc) is 2.61. The highest BCUT2D eigenvalue weighted by Crippen LogP contribution is 2.36. The Morgan fingerprint density at radius 1 is 1.41 bits per heavy atom. The van der Waals surface area contributed by atoms with E-state index in [1.165, 1.54) is 0 Å². The lowest BCUT2D eigenvalue weighted by Gasteiger charge is -2.50. The Morgan fingerprint density at radius 2 is 2.11 bits per heavy atom. The fraction of sp³-hybridized carbons (Fsp3) is 0.571. The summed E-state index contributed by atoms with van der Waals surface area (Å²) in [5, 5.41) is 11.0. The number of benzene rings is 1. The molecule has 3 fully saturated rings. The summed E-state index contributed by atoms with van der Waals surface area (Å²) in [6.45, 7) is 10.5. The zero-order valence-corrected chi connectivity index (χ0v) is 15.7. The standard InChI is InChI=1S/C21H29NO4.BH3/c1-4-5-16-12-17(20(23)26-15(2)3)6-7-19(16)25-14-21(24)13-22-10-8-18(21)9-11-22;/h4,6-7,12,15,18,24H,1,5,8-11,13-14H2,2-3H3;1H3. The van der Waals surface area contributed by atoms with Crippen molar-refractivity contribution in [1.29, 1.82) is 0 Å². The third-order valence-electron chi connectivity index (χ3n) is 5.33. The number of piperidine rings is 3. The number of hydrogen-bond donors (Lipinski definition) is 1. The van der Waals surface area contributed by atoms with E-state index in [9.17, 15) is 9.90 Å². The van der Waals surface area contributed by atoms with E-state index in [1.807, 2.05) is 13.8 Å². The zero-order valence-electron chi connectivity index (χ0n) is 15.7. The van der Waals surface area contributed by atoms with Gasteiger partial charge in [-0.15, -0.1) is 6.58 Å². The minimum absolute atomic E-state index is 0. The van der Waals surface area contributed by atoms with Gasteiger partial charge in [0.2, 0.25) is 0 Å². The maximum absolute atomic E-state index is 12.1. The van der Waals surface area contributed by atoms with Crippen LogP contribution < -0.4 is 4.74 Å². The molecule has 1 aromatic carbocycles. The molecule has 148 valence electrons. The molecule has 3 saturated heterocycles. The Balaban J connectivity index is 0.00000261. The SMILES string of the molecule is B.C=CCc1cc(C(=O)OC(C)C)ccc1OCC1(O)CN2CCC1CC2. The molecule has 27 heavy (non-hydrogen) atoms. The fourth-order valence-corrected chi connectivity index (χ4v) is 3.96. The van der Waals surface area contributed by atoms with Gasteiger partial charge in [0.1, 0.15) is 18.0 Å². The van der Waals surface area contributed by atoms with Crippen molar-refractivity contribution in [3.8, 4) is 5.75 Å². The zero-order chi connectivity index (χ0) is 18.7. The second-order valence-electron chi connectivity index (χ2n) is 7.71. The highest BCUT2D eigenvalue weighted by atomic mass is 16.5. The number of carbonyl (C=O) groups excluding carboxylic acids is 1. The van der Waals surface area contributed by atoms with Gasteiger partial charge in [0.15, 0.2) is 0 Å². The molecule has 1 atom stereocenters. The summed E-state index contributed by atoms with van der Waals surface area (Å²) >= 11 is 0. The van der Waals surface area contributed by atoms with Gasteiger partial charge in [-0.1, -0.05) is 6.08 Å². The molecule has 4 rings (SSSR count). The molecule has 1 unspecified atom stereocenters. The molecule has 1 aromatic rings. The Hall–Kier alpha value is -1.79. The first-order valence-electron chi connectivity index (χ1n) is 9.43. The molecular formula is C21H32BNO4. The molecule has 3 aliphatic rings. The van der Waals surface area contributed by atoms with Gasteiger partial charge in [-0.05, 0) is 75.9 Å². The summed E-state index contributed by atoms with van der Waals surface area (Å²) in [7, 11) is 0. The van der Waals surface area contributed by atoms with Crippen LogP contribution in [-0.4, -0.2) is 62.3 Å². The van der Waals surface area contributed by atoms with E-state index in [2.05, 4.69) is 11.5 Å². The van der Waals surface area contributed by atoms with Crippen molar-refractivity contribution in [1.82, 2.24) is 4.90 Å². The van der Waals surface area contributed by atoms with Crippen molar-refractivity contribution in [3.05, 3.63) is 42.0 Å². The number of aliphatic hydroxyl groups is 1. The summed E-state index contributed by atoms with van der Waals surface area (Å²) in [4.78, 5) is 14.4. The summed E-state index contributed by atoms with van der Waals surface area (Å²) in [6, 6.07) is 5.30. The molecular weight excluding hydrogens is 341 g/mol. The van der Waals surface area contributed by atoms with Crippen LogP contribution in [0.5, 0.6) is 5.75 Å². The van der Waals surface area contributed by atoms with Gasteiger partial charge in [0, 0.05) is 6.54 Å². The van der Waals surface area contributed by atoms with Crippen LogP contribution in [-0.2, 0) is 11.2 Å². The highest BCUT2D eigenvalue weighted by Gasteiger charge is 2.46. The molecule has 3 aliphatic heterocycles. The minimum atomic E-state index is -0.794. The molecule has 6 heteroatoms. The highest BCUT2D eigenvalue weighted by molar-refractivity contribution is 5.90. The first kappa shape index (κ1) is 21.5. The van der Waals surface area contributed by atoms with Gasteiger partial charge >= 0.3 is 5.97 Å². The molecule has 0 aromatic heterocycles. The van der Waals surface area contributed by atoms with Gasteiger partial charge in [-0.25, -0.2) is 4.79 Å². The molecule has 0 spiro atoms. The van der Waals surface area contributed by atoms with E-state index in [0.717, 1.165) is 31.5 Å². The van der Waals surface area contributed by atoms with Gasteiger partial charge in [-0.2, -0.15) is 0 Å². The number of ether oxygens (including phenoxy) is 2. The van der Waals surface area contributed by atoms with E-state index < -0.39 is 5.60 Å². The lowest BCUT2D eigenvalue weighted by molar-refractivity contribution is -0.131. The number of allylic oxidation sites excluding steroid dienone is 1. The summed E-state index contributed by atoms with van der Waals surface area (Å²) in [5.41, 5.74) is 0.588. The predicted octanol–water partition coefficient (Wildman–Crippen LogP) is 1.63. The Bertz CT molecular complexity index is 670. The van der Waals surface area contributed by atoms with Crippen LogP contribution in [0, 0.1) is 5.92 Å². The number of fused-ring (bicyclic) bond motifs is 3. The van der Waals surface area contributed by atoms with Crippen molar-refractivity contribution in [2.24, 2.45) is 5.92 Å². The molecule has 0 aliphatic carbocycles. The molecule has 3 heterocycles. The Kier molecular flexibility index (Phi) is 7.12. The van der Waals surface area contributed by atoms with Gasteiger partial charge in [0.25, 0.3) is 0 Å². The number of hydrogen-bond acceptors (Lipinski definition) is 5. The fourth-order valence-electron chi connectivity index (χ4n) is 3.96. The minimum Gasteiger partial charge on any atom is -0.490 e. The van der Waals surface area contributed by atoms with E-state index in [0.29, 0.717) is 30.2 Å². The largest absolute Gasteiger partial charge is 0.490 e. The van der Waals surface area contributed by atoms with E-state index in [4.69, 9.17) is 9.47 Å². The Morgan fingerprint density at radius 3 is 2.67 bits per heavy atom. The normalized spacial score (nSPS) is 26.4. The first-order valence-corrected chi connectivity index (χ1v) is 9.43. The predicted molar refractivity (Wildman–Crippen MR) is 110 cm³/mol. The third-order valence-corrected chi connectivity index (χ3v) is 5.33. The quantitative estimate of drug-likeness (QED) is 0.447. The van der Waals surface area contributed by atoms with Crippen molar-refractivity contribution in [3.63, 3.8) is 0 Å². The summed E-state index contributed by atoms with van der Waals surface area (Å²) in [6.07, 6.45) is 4.26. The summed E-state index contributed by atoms with van der Waals surface area (Å²) in [5.74, 6) is 0.652. The summed E-state index contributed by atoms with van der Waals surface area (Å²) < 4.78 is 11.3. The molecule has 1 N–H and O–H groups in total. The number of esters is 1. The van der Waals surface area contributed by atoms with E-state index in [-0.39, 0.29) is 27.1 Å². The average molecular weight is 373 g/mol. The Labute approximate surface area is 163 Å². The lowest BCUT2D eigenvalue weighted by Crippen LogP contribution is -2.61. The third kappa shape index (κ3) is 4.93. The van der Waals surface area contributed by atoms with Crippen molar-refractivity contribution in [2.45, 2.75) is 44.8 Å². The maximum Gasteiger partial charge on any atom is 0.338 e. The van der Waals surface area contributed by atoms with Crippen molar-refractivity contribution < 1.29 is 19.4 Å². The number of nitrogens with zero attached hydrogens (tertiary/aromatic N) is 1. The van der Waals surface area contributed by atoms with Crippen LogP contribution in [0.3, 0.4) is 0 Å². The molecule has 2 bridgehead atoms. The van der Waals surface area contributed by atoms with Crippen molar-refractivity contribution >= 4 is 14.4 Å². The van der Waals surface area contributed by atoms with Crippen LogP contribution in [0.4, 0.5) is 0 Å². The lowest BCUT2D eigenvalue weighted by atomic mass is 9.76. The van der Waals surface area contributed by atoms with Crippen LogP contribution >= 0.6 is 0 Å². The molecule has 5 nitrogen and oxygen atoms in total. The first-order chi connectivity index (χ1) is 12.4. The number of carbonyl (C=O) groups is 1. The maximum atomic E-state index is 12.1. The van der Waals surface area contributed by atoms with Crippen LogP contribution in [0.15, 0.2) is 30.9 Å². The molecule has 0 radical (unpaired) electrons. The molecule has 0 saturated carbocycles. The smallest absolute Gasteiger partial charge is 0.338 e. The van der Waals surface area contributed by atoms with Crippen molar-refractivity contribution in [2.75, 3.05) is 26.2 Å². The van der Waals surface area contributed by atoms with Crippen LogP contribution in [0.25, 0.3) is 0 Å². The van der Waals surface area contributed by atoms with E-state index >= 15 is 0 Å². The van der Waals surface area contributed by atoms with Gasteiger partial charge in [-0.3, -0.25) is 0 Å². The molecule has 0 amide bonds.